The van der Waals surface area contributed by atoms with Gasteiger partial charge in [0, 0.05) is 6.54 Å². The van der Waals surface area contributed by atoms with Gasteiger partial charge in [0.05, 0.1) is 18.4 Å². The fourth-order valence-electron chi connectivity index (χ4n) is 3.06. The number of nitrogens with zero attached hydrogens (tertiary/aromatic N) is 3. The molecular weight excluding hydrogens is 278 g/mol. The number of carboxylic acid groups (broad SMARTS) is 1. The Morgan fingerprint density at radius 2 is 2.09 bits per heavy atom. The molecule has 0 saturated carbocycles. The molecule has 1 aliphatic heterocycles. The maximum Gasteiger partial charge on any atom is 0.356 e. The van der Waals surface area contributed by atoms with Crippen LogP contribution in [0.5, 0.6) is 0 Å². The molecule has 1 saturated heterocycles. The van der Waals surface area contributed by atoms with Gasteiger partial charge < -0.3 is 10.0 Å². The fourth-order valence-corrected chi connectivity index (χ4v) is 3.06. The minimum Gasteiger partial charge on any atom is -0.476 e. The second-order valence-electron chi connectivity index (χ2n) is 5.78. The van der Waals surface area contributed by atoms with E-state index in [0.717, 1.165) is 25.2 Å². The van der Waals surface area contributed by atoms with Crippen molar-refractivity contribution in [3.05, 3.63) is 53.0 Å². The highest BCUT2D eigenvalue weighted by Gasteiger charge is 2.28. The lowest BCUT2D eigenvalue weighted by Gasteiger charge is -2.27. The Morgan fingerprint density at radius 3 is 2.77 bits per heavy atom. The predicted octanol–water partition coefficient (Wildman–Crippen LogP) is 3.13. The Balaban J connectivity index is 1.93. The van der Waals surface area contributed by atoms with Crippen LogP contribution in [0.4, 0.5) is 5.82 Å². The molecule has 114 valence electrons. The summed E-state index contributed by atoms with van der Waals surface area (Å²) in [6.45, 7) is 5.15. The van der Waals surface area contributed by atoms with Crippen molar-refractivity contribution in [3.8, 4) is 0 Å². The van der Waals surface area contributed by atoms with Gasteiger partial charge in [-0.3, -0.25) is 0 Å². The zero-order chi connectivity index (χ0) is 15.7. The van der Waals surface area contributed by atoms with E-state index in [1.807, 2.05) is 0 Å². The normalized spacial score (nSPS) is 17.7. The van der Waals surface area contributed by atoms with Crippen molar-refractivity contribution in [2.75, 3.05) is 11.4 Å². The molecule has 1 aromatic carbocycles. The summed E-state index contributed by atoms with van der Waals surface area (Å²) in [5.74, 6) is -0.306. The fraction of sp³-hybridized carbons (Fsp3) is 0.353. The van der Waals surface area contributed by atoms with Gasteiger partial charge in [0.2, 0.25) is 0 Å². The maximum absolute atomic E-state index is 10.9. The lowest BCUT2D eigenvalue weighted by Crippen LogP contribution is -2.24. The second kappa shape index (κ2) is 5.75. The number of aryl methyl sites for hydroxylation is 2. The number of hydrogen-bond acceptors (Lipinski definition) is 4. The second-order valence-corrected chi connectivity index (χ2v) is 5.78. The summed E-state index contributed by atoms with van der Waals surface area (Å²) in [4.78, 5) is 21.4. The number of aromatic nitrogens is 2. The van der Waals surface area contributed by atoms with E-state index < -0.39 is 5.97 Å². The molecule has 22 heavy (non-hydrogen) atoms. The lowest BCUT2D eigenvalue weighted by atomic mass is 9.97. The number of anilines is 1. The zero-order valence-corrected chi connectivity index (χ0v) is 12.8. The first-order valence-corrected chi connectivity index (χ1v) is 7.45. The summed E-state index contributed by atoms with van der Waals surface area (Å²) in [7, 11) is 0. The molecular formula is C17H19N3O2. The molecule has 0 spiro atoms. The van der Waals surface area contributed by atoms with Crippen molar-refractivity contribution in [2.45, 2.75) is 32.7 Å². The van der Waals surface area contributed by atoms with Crippen molar-refractivity contribution in [1.82, 2.24) is 9.97 Å². The Kier molecular flexibility index (Phi) is 3.79. The molecule has 2 aromatic rings. The van der Waals surface area contributed by atoms with E-state index in [9.17, 15) is 4.79 Å². The Morgan fingerprint density at radius 1 is 1.27 bits per heavy atom. The summed E-state index contributed by atoms with van der Waals surface area (Å²) in [6.07, 6.45) is 5.07. The largest absolute Gasteiger partial charge is 0.476 e. The molecule has 0 amide bonds. The van der Waals surface area contributed by atoms with E-state index in [1.54, 1.807) is 6.20 Å². The van der Waals surface area contributed by atoms with Crippen molar-refractivity contribution in [3.63, 3.8) is 0 Å². The average Bonchev–Trinajstić information content (AvgIpc) is 2.99. The standard InChI is InChI=1S/C17H19N3O2/c1-11-5-6-12(2)13(8-11)15-4-3-7-20(15)16-10-18-14(9-19-16)17(21)22/h5-6,8-10,15H,3-4,7H2,1-2H3,(H,21,22). The highest BCUT2D eigenvalue weighted by atomic mass is 16.4. The van der Waals surface area contributed by atoms with Gasteiger partial charge in [0.25, 0.3) is 0 Å². The lowest BCUT2D eigenvalue weighted by molar-refractivity contribution is 0.0690. The first kappa shape index (κ1) is 14.5. The molecule has 1 unspecified atom stereocenters. The molecule has 5 heteroatoms. The van der Waals surface area contributed by atoms with E-state index >= 15 is 0 Å². The molecule has 1 N–H and O–H groups in total. The van der Waals surface area contributed by atoms with Gasteiger partial charge in [0.15, 0.2) is 5.69 Å². The number of carbonyl (C=O) groups is 1. The number of carboxylic acids is 1. The van der Waals surface area contributed by atoms with Crippen molar-refractivity contribution >= 4 is 11.8 Å². The average molecular weight is 297 g/mol. The molecule has 1 atom stereocenters. The summed E-state index contributed by atoms with van der Waals surface area (Å²) in [5.41, 5.74) is 3.82. The minimum absolute atomic E-state index is 0.0220. The van der Waals surface area contributed by atoms with Crippen LogP contribution in [0.15, 0.2) is 30.6 Å². The van der Waals surface area contributed by atoms with Gasteiger partial charge in [0.1, 0.15) is 5.82 Å². The Hall–Kier alpha value is -2.43. The van der Waals surface area contributed by atoms with Crippen molar-refractivity contribution in [1.29, 1.82) is 0 Å². The summed E-state index contributed by atoms with van der Waals surface area (Å²) < 4.78 is 0. The van der Waals surface area contributed by atoms with Crippen LogP contribution in [0.2, 0.25) is 0 Å². The summed E-state index contributed by atoms with van der Waals surface area (Å²) >= 11 is 0. The SMILES string of the molecule is Cc1ccc(C)c(C2CCCN2c2cnc(C(=O)O)cn2)c1. The third kappa shape index (κ3) is 2.66. The van der Waals surface area contributed by atoms with Crippen LogP contribution in [0.3, 0.4) is 0 Å². The highest BCUT2D eigenvalue weighted by Crippen LogP contribution is 2.36. The van der Waals surface area contributed by atoms with Gasteiger partial charge in [-0.15, -0.1) is 0 Å². The van der Waals surface area contributed by atoms with Crippen LogP contribution in [-0.4, -0.2) is 27.6 Å². The maximum atomic E-state index is 10.9. The summed E-state index contributed by atoms with van der Waals surface area (Å²) in [6, 6.07) is 6.79. The third-order valence-corrected chi connectivity index (χ3v) is 4.20. The van der Waals surface area contributed by atoms with Crippen LogP contribution in [0.1, 0.15) is 46.1 Å². The molecule has 1 fully saturated rings. The van der Waals surface area contributed by atoms with Crippen LogP contribution in [0.25, 0.3) is 0 Å². The quantitative estimate of drug-likeness (QED) is 0.942. The smallest absolute Gasteiger partial charge is 0.356 e. The van der Waals surface area contributed by atoms with Crippen molar-refractivity contribution in [2.24, 2.45) is 0 Å². The monoisotopic (exact) mass is 297 g/mol. The van der Waals surface area contributed by atoms with E-state index in [-0.39, 0.29) is 11.7 Å². The van der Waals surface area contributed by atoms with E-state index in [4.69, 9.17) is 5.11 Å². The number of benzene rings is 1. The molecule has 0 aliphatic carbocycles. The van der Waals surface area contributed by atoms with Gasteiger partial charge in [-0.1, -0.05) is 23.8 Å². The van der Waals surface area contributed by atoms with Crippen molar-refractivity contribution < 1.29 is 9.90 Å². The predicted molar refractivity (Wildman–Crippen MR) is 84.2 cm³/mol. The van der Waals surface area contributed by atoms with Crippen LogP contribution >= 0.6 is 0 Å². The molecule has 1 aliphatic rings. The van der Waals surface area contributed by atoms with Gasteiger partial charge in [-0.25, -0.2) is 14.8 Å². The minimum atomic E-state index is -1.05. The zero-order valence-electron chi connectivity index (χ0n) is 12.8. The topological polar surface area (TPSA) is 66.3 Å². The molecule has 0 radical (unpaired) electrons. The van der Waals surface area contributed by atoms with Crippen LogP contribution in [0, 0.1) is 13.8 Å². The number of rotatable bonds is 3. The molecule has 3 rings (SSSR count). The number of aromatic carboxylic acids is 1. The third-order valence-electron chi connectivity index (χ3n) is 4.20. The summed E-state index contributed by atoms with van der Waals surface area (Å²) in [5, 5.41) is 8.92. The first-order valence-electron chi connectivity index (χ1n) is 7.45. The van der Waals surface area contributed by atoms with E-state index in [2.05, 4.69) is 46.9 Å². The first-order chi connectivity index (χ1) is 10.6. The Bertz CT molecular complexity index is 698. The highest BCUT2D eigenvalue weighted by molar-refractivity contribution is 5.84. The van der Waals surface area contributed by atoms with E-state index in [1.165, 1.54) is 22.9 Å². The van der Waals surface area contributed by atoms with Crippen LogP contribution in [-0.2, 0) is 0 Å². The molecule has 0 bridgehead atoms. The van der Waals surface area contributed by atoms with Gasteiger partial charge >= 0.3 is 5.97 Å². The molecule has 1 aromatic heterocycles. The van der Waals surface area contributed by atoms with E-state index in [0.29, 0.717) is 0 Å². The molecule has 5 nitrogen and oxygen atoms in total. The molecule has 2 heterocycles. The number of hydrogen-bond donors (Lipinski definition) is 1. The van der Waals surface area contributed by atoms with Gasteiger partial charge in [-0.05, 0) is 37.8 Å². The Labute approximate surface area is 129 Å². The van der Waals surface area contributed by atoms with Gasteiger partial charge in [-0.2, -0.15) is 0 Å². The van der Waals surface area contributed by atoms with Crippen LogP contribution < -0.4 is 4.90 Å².